The number of carbonyl (C=O) groups is 1. The Morgan fingerprint density at radius 3 is 2.44 bits per heavy atom. The van der Waals surface area contributed by atoms with E-state index in [1.165, 1.54) is 0 Å². The molecule has 0 radical (unpaired) electrons. The van der Waals surface area contributed by atoms with Crippen LogP contribution in [0.3, 0.4) is 0 Å². The Kier molecular flexibility index (Phi) is 3.98. The second-order valence-electron chi connectivity index (χ2n) is 4.53. The van der Waals surface area contributed by atoms with Crippen molar-refractivity contribution in [2.45, 2.75) is 26.7 Å². The quantitative estimate of drug-likeness (QED) is 0.853. The predicted octanol–water partition coefficient (Wildman–Crippen LogP) is 4.21. The van der Waals surface area contributed by atoms with Crippen molar-refractivity contribution in [1.82, 2.24) is 0 Å². The zero-order chi connectivity index (χ0) is 13.0. The Bertz CT molecular complexity index is 538. The number of fused-ring (bicyclic) bond motifs is 1. The van der Waals surface area contributed by atoms with Gasteiger partial charge in [0.1, 0.15) is 0 Å². The lowest BCUT2D eigenvalue weighted by molar-refractivity contribution is -0.120. The van der Waals surface area contributed by atoms with Gasteiger partial charge in [-0.05, 0) is 24.3 Å². The molecule has 0 saturated carbocycles. The van der Waals surface area contributed by atoms with Crippen LogP contribution in [-0.4, -0.2) is 5.91 Å². The Morgan fingerprint density at radius 2 is 1.72 bits per heavy atom. The number of hydrogen-bond acceptors (Lipinski definition) is 1. The maximum atomic E-state index is 12.1. The van der Waals surface area contributed by atoms with Crippen molar-refractivity contribution in [3.8, 4) is 0 Å². The van der Waals surface area contributed by atoms with E-state index in [1.807, 2.05) is 30.3 Å². The van der Waals surface area contributed by atoms with Crippen molar-refractivity contribution in [3.63, 3.8) is 0 Å². The van der Waals surface area contributed by atoms with Crippen LogP contribution in [-0.2, 0) is 4.79 Å². The van der Waals surface area contributed by atoms with Crippen LogP contribution in [0.5, 0.6) is 0 Å². The maximum Gasteiger partial charge on any atom is 0.227 e. The van der Waals surface area contributed by atoms with Gasteiger partial charge in [-0.1, -0.05) is 50.2 Å². The lowest BCUT2D eigenvalue weighted by Crippen LogP contribution is -2.21. The summed E-state index contributed by atoms with van der Waals surface area (Å²) < 4.78 is 0. The number of carbonyl (C=O) groups excluding carboxylic acids is 1. The van der Waals surface area contributed by atoms with Crippen LogP contribution in [0.25, 0.3) is 10.8 Å². The van der Waals surface area contributed by atoms with Crippen LogP contribution in [0.1, 0.15) is 26.7 Å². The largest absolute Gasteiger partial charge is 0.325 e. The molecule has 0 saturated heterocycles. The summed E-state index contributed by atoms with van der Waals surface area (Å²) in [6.07, 6.45) is 1.76. The van der Waals surface area contributed by atoms with Crippen LogP contribution in [0.15, 0.2) is 42.5 Å². The number of benzene rings is 2. The van der Waals surface area contributed by atoms with E-state index in [2.05, 4.69) is 31.3 Å². The van der Waals surface area contributed by atoms with Gasteiger partial charge in [0, 0.05) is 17.0 Å². The van der Waals surface area contributed by atoms with Gasteiger partial charge in [-0.15, -0.1) is 0 Å². The number of amides is 1. The molecule has 0 fully saturated rings. The molecule has 0 atom stereocenters. The summed E-state index contributed by atoms with van der Waals surface area (Å²) in [4.78, 5) is 12.1. The topological polar surface area (TPSA) is 29.1 Å². The minimum atomic E-state index is 0.101. The van der Waals surface area contributed by atoms with Crippen molar-refractivity contribution in [2.75, 3.05) is 5.32 Å². The summed E-state index contributed by atoms with van der Waals surface area (Å²) in [5, 5.41) is 5.30. The summed E-state index contributed by atoms with van der Waals surface area (Å²) >= 11 is 0. The van der Waals surface area contributed by atoms with Gasteiger partial charge in [0.15, 0.2) is 0 Å². The van der Waals surface area contributed by atoms with Crippen LogP contribution < -0.4 is 5.32 Å². The molecule has 18 heavy (non-hydrogen) atoms. The number of nitrogens with one attached hydrogen (secondary N) is 1. The number of anilines is 1. The summed E-state index contributed by atoms with van der Waals surface area (Å²) in [7, 11) is 0. The molecule has 0 aromatic heterocycles. The van der Waals surface area contributed by atoms with Crippen LogP contribution in [0.4, 0.5) is 5.69 Å². The average Bonchev–Trinajstić information content (AvgIpc) is 2.40. The molecule has 2 aromatic carbocycles. The molecule has 2 heteroatoms. The van der Waals surface area contributed by atoms with Crippen molar-refractivity contribution in [2.24, 2.45) is 5.92 Å². The normalized spacial score (nSPS) is 10.8. The molecule has 0 spiro atoms. The van der Waals surface area contributed by atoms with Crippen LogP contribution in [0.2, 0.25) is 0 Å². The Labute approximate surface area is 108 Å². The van der Waals surface area contributed by atoms with Crippen molar-refractivity contribution < 1.29 is 4.79 Å². The monoisotopic (exact) mass is 241 g/mol. The molecule has 1 amide bonds. The fraction of sp³-hybridized carbons (Fsp3) is 0.312. The predicted molar refractivity (Wildman–Crippen MR) is 76.6 cm³/mol. The molecule has 0 aliphatic carbocycles. The molecule has 2 rings (SSSR count). The first-order valence-electron chi connectivity index (χ1n) is 6.54. The first kappa shape index (κ1) is 12.6. The molecule has 2 nitrogen and oxygen atoms in total. The minimum Gasteiger partial charge on any atom is -0.325 e. The SMILES string of the molecule is CCC(CC)C(=O)Nc1cccc2ccccc12. The molecule has 0 heterocycles. The fourth-order valence-electron chi connectivity index (χ4n) is 2.23. The standard InChI is InChI=1S/C16H19NO/c1-3-12(4-2)16(18)17-15-11-7-9-13-8-5-6-10-14(13)15/h5-12H,3-4H2,1-2H3,(H,17,18). The lowest BCUT2D eigenvalue weighted by atomic mass is 10.0. The zero-order valence-electron chi connectivity index (χ0n) is 10.9. The first-order valence-corrected chi connectivity index (χ1v) is 6.54. The van der Waals surface area contributed by atoms with Crippen LogP contribution >= 0.6 is 0 Å². The van der Waals surface area contributed by atoms with E-state index in [0.717, 1.165) is 29.3 Å². The second kappa shape index (κ2) is 5.67. The molecule has 0 bridgehead atoms. The highest BCUT2D eigenvalue weighted by molar-refractivity contribution is 6.02. The highest BCUT2D eigenvalue weighted by Gasteiger charge is 2.14. The molecule has 2 aromatic rings. The summed E-state index contributed by atoms with van der Waals surface area (Å²) in [6, 6.07) is 14.1. The van der Waals surface area contributed by atoms with Gasteiger partial charge in [0.25, 0.3) is 0 Å². The highest BCUT2D eigenvalue weighted by Crippen LogP contribution is 2.24. The Balaban J connectivity index is 2.29. The second-order valence-corrected chi connectivity index (χ2v) is 4.53. The maximum absolute atomic E-state index is 12.1. The third kappa shape index (κ3) is 2.53. The summed E-state index contributed by atoms with van der Waals surface area (Å²) in [5.74, 6) is 0.223. The van der Waals surface area contributed by atoms with E-state index in [9.17, 15) is 4.79 Å². The number of hydrogen-bond donors (Lipinski definition) is 1. The molecule has 0 aliphatic rings. The van der Waals surface area contributed by atoms with Gasteiger partial charge in [0.2, 0.25) is 5.91 Å². The molecule has 94 valence electrons. The van der Waals surface area contributed by atoms with Gasteiger partial charge in [0.05, 0.1) is 0 Å². The third-order valence-electron chi connectivity index (χ3n) is 3.40. The molecule has 0 unspecified atom stereocenters. The van der Waals surface area contributed by atoms with Crippen molar-refractivity contribution in [1.29, 1.82) is 0 Å². The number of rotatable bonds is 4. The van der Waals surface area contributed by atoms with Crippen molar-refractivity contribution >= 4 is 22.4 Å². The average molecular weight is 241 g/mol. The Morgan fingerprint density at radius 1 is 1.06 bits per heavy atom. The molecular formula is C16H19NO. The molecule has 1 N–H and O–H groups in total. The van der Waals surface area contributed by atoms with E-state index in [4.69, 9.17) is 0 Å². The van der Waals surface area contributed by atoms with E-state index < -0.39 is 0 Å². The third-order valence-corrected chi connectivity index (χ3v) is 3.40. The van der Waals surface area contributed by atoms with E-state index >= 15 is 0 Å². The Hall–Kier alpha value is -1.83. The zero-order valence-corrected chi connectivity index (χ0v) is 10.9. The van der Waals surface area contributed by atoms with Crippen LogP contribution in [0, 0.1) is 5.92 Å². The lowest BCUT2D eigenvalue weighted by Gasteiger charge is -2.14. The van der Waals surface area contributed by atoms with Gasteiger partial charge in [-0.3, -0.25) is 4.79 Å². The summed E-state index contributed by atoms with van der Waals surface area (Å²) in [6.45, 7) is 4.10. The molecule has 0 aliphatic heterocycles. The van der Waals surface area contributed by atoms with Gasteiger partial charge in [-0.25, -0.2) is 0 Å². The van der Waals surface area contributed by atoms with E-state index in [-0.39, 0.29) is 11.8 Å². The smallest absolute Gasteiger partial charge is 0.227 e. The van der Waals surface area contributed by atoms with E-state index in [0.29, 0.717) is 0 Å². The minimum absolute atomic E-state index is 0.101. The van der Waals surface area contributed by atoms with E-state index in [1.54, 1.807) is 0 Å². The van der Waals surface area contributed by atoms with Gasteiger partial charge < -0.3 is 5.32 Å². The first-order chi connectivity index (χ1) is 8.76. The van der Waals surface area contributed by atoms with Crippen molar-refractivity contribution in [3.05, 3.63) is 42.5 Å². The summed E-state index contributed by atoms with van der Waals surface area (Å²) in [5.41, 5.74) is 0.907. The van der Waals surface area contributed by atoms with Gasteiger partial charge >= 0.3 is 0 Å². The fourth-order valence-corrected chi connectivity index (χ4v) is 2.23. The molecular weight excluding hydrogens is 222 g/mol. The van der Waals surface area contributed by atoms with Gasteiger partial charge in [-0.2, -0.15) is 0 Å². The highest BCUT2D eigenvalue weighted by atomic mass is 16.1.